The molecule has 0 N–H and O–H groups in total. The van der Waals surface area contributed by atoms with Crippen molar-refractivity contribution in [2.75, 3.05) is 38.2 Å². The van der Waals surface area contributed by atoms with Crippen LogP contribution in [0.15, 0.2) is 0 Å². The molecule has 1 rings (SSSR count). The first kappa shape index (κ1) is 13.9. The normalized spacial score (nSPS) is 17.8. The van der Waals surface area contributed by atoms with Gasteiger partial charge in [-0.25, -0.2) is 0 Å². The summed E-state index contributed by atoms with van der Waals surface area (Å²) in [5, 5.41) is 0.872. The predicted molar refractivity (Wildman–Crippen MR) is 65.8 cm³/mol. The quantitative estimate of drug-likeness (QED) is 0.696. The molecule has 1 saturated heterocycles. The van der Waals surface area contributed by atoms with Crippen molar-refractivity contribution in [3.05, 3.63) is 0 Å². The van der Waals surface area contributed by atoms with Crippen LogP contribution in [0.2, 0.25) is 0 Å². The number of carbonyl (C=O) groups excluding carboxylic acids is 1. The van der Waals surface area contributed by atoms with E-state index in [1.807, 2.05) is 11.8 Å². The van der Waals surface area contributed by atoms with Gasteiger partial charge in [0.1, 0.15) is 6.61 Å². The number of carbonyl (C=O) groups is 1. The number of ether oxygens (including phenoxy) is 2. The number of alkyl halides is 1. The molecule has 0 saturated carbocycles. The molecule has 0 bridgehead atoms. The van der Waals surface area contributed by atoms with Crippen molar-refractivity contribution in [1.82, 2.24) is 4.90 Å². The molecule has 0 aromatic heterocycles. The first-order chi connectivity index (χ1) is 7.77. The Morgan fingerprint density at radius 1 is 1.44 bits per heavy atom. The Morgan fingerprint density at radius 2 is 2.12 bits per heavy atom. The van der Waals surface area contributed by atoms with E-state index in [2.05, 4.69) is 15.9 Å². The zero-order chi connectivity index (χ0) is 11.8. The Bertz CT molecular complexity index is 205. The first-order valence-corrected chi connectivity index (χ1v) is 6.93. The van der Waals surface area contributed by atoms with Crippen LogP contribution >= 0.6 is 15.9 Å². The summed E-state index contributed by atoms with van der Waals surface area (Å²) in [5.41, 5.74) is 0. The number of nitrogens with zero attached hydrogens (tertiary/aromatic N) is 1. The Balaban J connectivity index is 2.18. The predicted octanol–water partition coefficient (Wildman–Crippen LogP) is 1.43. The minimum atomic E-state index is 0.0980. The van der Waals surface area contributed by atoms with Crippen LogP contribution in [0, 0.1) is 0 Å². The van der Waals surface area contributed by atoms with Crippen LogP contribution in [-0.4, -0.2) is 55.2 Å². The van der Waals surface area contributed by atoms with Gasteiger partial charge in [0.15, 0.2) is 0 Å². The van der Waals surface area contributed by atoms with Crippen LogP contribution in [0.4, 0.5) is 0 Å². The van der Waals surface area contributed by atoms with Crippen molar-refractivity contribution in [2.24, 2.45) is 0 Å². The average molecular weight is 294 g/mol. The molecule has 1 aliphatic rings. The van der Waals surface area contributed by atoms with E-state index < -0.39 is 0 Å². The molecule has 0 unspecified atom stereocenters. The van der Waals surface area contributed by atoms with Crippen molar-refractivity contribution in [2.45, 2.75) is 25.9 Å². The smallest absolute Gasteiger partial charge is 0.248 e. The van der Waals surface area contributed by atoms with Gasteiger partial charge >= 0.3 is 0 Å². The lowest BCUT2D eigenvalue weighted by Gasteiger charge is -2.31. The highest BCUT2D eigenvalue weighted by molar-refractivity contribution is 9.09. The zero-order valence-corrected chi connectivity index (χ0v) is 11.4. The Kier molecular flexibility index (Phi) is 7.00. The molecule has 1 heterocycles. The van der Waals surface area contributed by atoms with Gasteiger partial charge in [-0.05, 0) is 19.8 Å². The molecule has 0 spiro atoms. The van der Waals surface area contributed by atoms with Crippen molar-refractivity contribution in [3.63, 3.8) is 0 Å². The molecular weight excluding hydrogens is 274 g/mol. The van der Waals surface area contributed by atoms with E-state index in [1.54, 1.807) is 0 Å². The van der Waals surface area contributed by atoms with Crippen LogP contribution in [-0.2, 0) is 14.3 Å². The molecular formula is C11H20BrNO3. The van der Waals surface area contributed by atoms with Crippen LogP contribution < -0.4 is 0 Å². The van der Waals surface area contributed by atoms with Gasteiger partial charge in [-0.1, -0.05) is 15.9 Å². The van der Waals surface area contributed by atoms with Crippen LogP contribution in [0.1, 0.15) is 19.8 Å². The topological polar surface area (TPSA) is 38.8 Å². The average Bonchev–Trinajstić information content (AvgIpc) is 2.34. The van der Waals surface area contributed by atoms with Gasteiger partial charge in [-0.2, -0.15) is 0 Å². The molecule has 0 aliphatic carbocycles. The third kappa shape index (κ3) is 4.80. The largest absolute Gasteiger partial charge is 0.377 e. The van der Waals surface area contributed by atoms with Crippen molar-refractivity contribution in [1.29, 1.82) is 0 Å². The van der Waals surface area contributed by atoms with Crippen molar-refractivity contribution < 1.29 is 14.3 Å². The minimum Gasteiger partial charge on any atom is -0.377 e. The molecule has 0 radical (unpaired) electrons. The van der Waals surface area contributed by atoms with E-state index in [4.69, 9.17) is 9.47 Å². The summed E-state index contributed by atoms with van der Waals surface area (Å²) >= 11 is 3.33. The lowest BCUT2D eigenvalue weighted by Crippen LogP contribution is -2.42. The summed E-state index contributed by atoms with van der Waals surface area (Å²) in [6.07, 6.45) is 2.18. The third-order valence-corrected chi connectivity index (χ3v) is 2.98. The van der Waals surface area contributed by atoms with Crippen LogP contribution in [0.5, 0.6) is 0 Å². The fourth-order valence-electron chi connectivity index (χ4n) is 1.76. The van der Waals surface area contributed by atoms with Gasteiger partial charge in [0.05, 0.1) is 12.7 Å². The molecule has 0 aromatic rings. The van der Waals surface area contributed by atoms with Crippen molar-refractivity contribution in [3.8, 4) is 0 Å². The van der Waals surface area contributed by atoms with Gasteiger partial charge in [-0.3, -0.25) is 4.79 Å². The summed E-state index contributed by atoms with van der Waals surface area (Å²) in [6.45, 7) is 5.03. The monoisotopic (exact) mass is 293 g/mol. The Labute approximate surface area is 105 Å². The molecule has 4 nitrogen and oxygen atoms in total. The number of halogens is 1. The van der Waals surface area contributed by atoms with Gasteiger partial charge in [0.2, 0.25) is 5.91 Å². The molecule has 1 amide bonds. The number of amides is 1. The van der Waals surface area contributed by atoms with E-state index >= 15 is 0 Å². The summed E-state index contributed by atoms with van der Waals surface area (Å²) in [5.74, 6) is 0.0980. The SMILES string of the molecule is CCOCC(=O)N1CCC(OCCBr)CC1. The Morgan fingerprint density at radius 3 is 2.69 bits per heavy atom. The minimum absolute atomic E-state index is 0.0980. The van der Waals surface area contributed by atoms with Crippen LogP contribution in [0.3, 0.4) is 0 Å². The number of likely N-dealkylation sites (tertiary alicyclic amines) is 1. The maximum atomic E-state index is 11.6. The molecule has 0 atom stereocenters. The number of rotatable bonds is 6. The van der Waals surface area contributed by atoms with E-state index in [0.29, 0.717) is 12.7 Å². The molecule has 5 heteroatoms. The van der Waals surface area contributed by atoms with Gasteiger partial charge in [0, 0.05) is 25.0 Å². The molecule has 0 aromatic carbocycles. The molecule has 94 valence electrons. The van der Waals surface area contributed by atoms with E-state index in [0.717, 1.165) is 37.9 Å². The van der Waals surface area contributed by atoms with E-state index in [9.17, 15) is 4.79 Å². The molecule has 16 heavy (non-hydrogen) atoms. The molecule has 1 aliphatic heterocycles. The van der Waals surface area contributed by atoms with Gasteiger partial charge in [0.25, 0.3) is 0 Å². The summed E-state index contributed by atoms with van der Waals surface area (Å²) in [4.78, 5) is 13.5. The van der Waals surface area contributed by atoms with Crippen molar-refractivity contribution >= 4 is 21.8 Å². The lowest BCUT2D eigenvalue weighted by atomic mass is 10.1. The highest BCUT2D eigenvalue weighted by Crippen LogP contribution is 2.13. The molecule has 1 fully saturated rings. The van der Waals surface area contributed by atoms with Gasteiger partial charge in [-0.15, -0.1) is 0 Å². The standard InChI is InChI=1S/C11H20BrNO3/c1-2-15-9-11(14)13-6-3-10(4-7-13)16-8-5-12/h10H,2-9H2,1H3. The maximum Gasteiger partial charge on any atom is 0.248 e. The van der Waals surface area contributed by atoms with E-state index in [1.165, 1.54) is 0 Å². The highest BCUT2D eigenvalue weighted by atomic mass is 79.9. The second-order valence-corrected chi connectivity index (χ2v) is 4.57. The fourth-order valence-corrected chi connectivity index (χ4v) is 1.95. The van der Waals surface area contributed by atoms with E-state index in [-0.39, 0.29) is 12.5 Å². The summed E-state index contributed by atoms with van der Waals surface area (Å²) in [6, 6.07) is 0. The number of hydrogen-bond donors (Lipinski definition) is 0. The third-order valence-electron chi connectivity index (χ3n) is 2.66. The second kappa shape index (κ2) is 8.03. The number of hydrogen-bond acceptors (Lipinski definition) is 3. The van der Waals surface area contributed by atoms with Crippen LogP contribution in [0.25, 0.3) is 0 Å². The first-order valence-electron chi connectivity index (χ1n) is 5.81. The number of piperidine rings is 1. The lowest BCUT2D eigenvalue weighted by molar-refractivity contribution is -0.138. The Hall–Kier alpha value is -0.130. The van der Waals surface area contributed by atoms with Gasteiger partial charge < -0.3 is 14.4 Å². The highest BCUT2D eigenvalue weighted by Gasteiger charge is 2.22. The second-order valence-electron chi connectivity index (χ2n) is 3.78. The fraction of sp³-hybridized carbons (Fsp3) is 0.909. The summed E-state index contributed by atoms with van der Waals surface area (Å²) < 4.78 is 10.7. The summed E-state index contributed by atoms with van der Waals surface area (Å²) in [7, 11) is 0. The zero-order valence-electron chi connectivity index (χ0n) is 9.78. The maximum absolute atomic E-state index is 11.6.